The molecule has 1 fully saturated rings. The first-order chi connectivity index (χ1) is 10.3. The minimum absolute atomic E-state index is 0. The third kappa shape index (κ3) is 7.55. The number of hydrogen-bond donors (Lipinski definition) is 2. The van der Waals surface area contributed by atoms with Gasteiger partial charge in [0.25, 0.3) is 0 Å². The number of rotatable bonds is 7. The van der Waals surface area contributed by atoms with Crippen molar-refractivity contribution < 1.29 is 8.42 Å². The lowest BCUT2D eigenvalue weighted by molar-refractivity contribution is 0.200. The van der Waals surface area contributed by atoms with E-state index in [1.165, 1.54) is 0 Å². The number of aliphatic imine (C=N–C) groups is 1. The highest BCUT2D eigenvalue weighted by molar-refractivity contribution is 14.0. The summed E-state index contributed by atoms with van der Waals surface area (Å²) in [6, 6.07) is 0.406. The van der Waals surface area contributed by atoms with E-state index in [1.807, 2.05) is 0 Å². The molecule has 1 saturated heterocycles. The lowest BCUT2D eigenvalue weighted by Crippen LogP contribution is -2.50. The Balaban J connectivity index is 0.00000484. The fourth-order valence-corrected chi connectivity index (χ4v) is 4.78. The van der Waals surface area contributed by atoms with Crippen molar-refractivity contribution in [3.8, 4) is 0 Å². The zero-order valence-corrected chi connectivity index (χ0v) is 18.1. The minimum atomic E-state index is -2.87. The summed E-state index contributed by atoms with van der Waals surface area (Å²) >= 11 is 0. The highest BCUT2D eigenvalue weighted by atomic mass is 127. The van der Waals surface area contributed by atoms with Crippen LogP contribution in [0.4, 0.5) is 0 Å². The Kier molecular flexibility index (Phi) is 10.7. The number of halogens is 1. The fourth-order valence-electron chi connectivity index (χ4n) is 3.10. The second kappa shape index (κ2) is 10.7. The zero-order valence-electron chi connectivity index (χ0n) is 15.0. The van der Waals surface area contributed by atoms with Gasteiger partial charge >= 0.3 is 0 Å². The quantitative estimate of drug-likeness (QED) is 0.341. The molecule has 1 aliphatic rings. The first-order valence-corrected chi connectivity index (χ1v) is 9.99. The van der Waals surface area contributed by atoms with E-state index in [2.05, 4.69) is 48.5 Å². The Morgan fingerprint density at radius 3 is 2.30 bits per heavy atom. The van der Waals surface area contributed by atoms with Crippen LogP contribution in [0.1, 0.15) is 33.1 Å². The van der Waals surface area contributed by atoms with Gasteiger partial charge in [-0.3, -0.25) is 4.99 Å². The van der Waals surface area contributed by atoms with Crippen molar-refractivity contribution in [1.82, 2.24) is 15.5 Å². The van der Waals surface area contributed by atoms with Crippen LogP contribution in [0, 0.1) is 5.92 Å². The summed E-state index contributed by atoms with van der Waals surface area (Å²) in [4.78, 5) is 6.47. The summed E-state index contributed by atoms with van der Waals surface area (Å²) < 4.78 is 23.1. The summed E-state index contributed by atoms with van der Waals surface area (Å²) in [6.45, 7) is 5.25. The van der Waals surface area contributed by atoms with E-state index in [4.69, 9.17) is 0 Å². The molecule has 0 saturated carbocycles. The van der Waals surface area contributed by atoms with E-state index >= 15 is 0 Å². The molecule has 0 bridgehead atoms. The fraction of sp³-hybridized carbons (Fsp3) is 0.933. The molecule has 8 heteroatoms. The van der Waals surface area contributed by atoms with Crippen LogP contribution < -0.4 is 10.6 Å². The molecule has 0 aromatic heterocycles. The van der Waals surface area contributed by atoms with Crippen molar-refractivity contribution in [3.05, 3.63) is 0 Å². The first kappa shape index (κ1) is 22.9. The lowest BCUT2D eigenvalue weighted by Gasteiger charge is -2.32. The Morgan fingerprint density at radius 1 is 1.30 bits per heavy atom. The number of likely N-dealkylation sites (N-methyl/N-ethyl adjacent to an activating group) is 1. The largest absolute Gasteiger partial charge is 0.355 e. The van der Waals surface area contributed by atoms with Crippen molar-refractivity contribution in [2.75, 3.05) is 39.2 Å². The first-order valence-electron chi connectivity index (χ1n) is 8.17. The smallest absolute Gasteiger partial charge is 0.191 e. The molecule has 6 nitrogen and oxygen atoms in total. The summed E-state index contributed by atoms with van der Waals surface area (Å²) in [5, 5.41) is 6.59. The number of nitrogens with one attached hydrogen (secondary N) is 2. The van der Waals surface area contributed by atoms with Crippen molar-refractivity contribution >= 4 is 39.8 Å². The van der Waals surface area contributed by atoms with Crippen LogP contribution in [-0.2, 0) is 9.84 Å². The highest BCUT2D eigenvalue weighted by Gasteiger charge is 2.28. The van der Waals surface area contributed by atoms with Crippen LogP contribution in [0.3, 0.4) is 0 Å². The maximum absolute atomic E-state index is 11.5. The van der Waals surface area contributed by atoms with E-state index < -0.39 is 9.84 Å². The van der Waals surface area contributed by atoms with Crippen molar-refractivity contribution in [1.29, 1.82) is 0 Å². The van der Waals surface area contributed by atoms with E-state index in [0.29, 0.717) is 24.3 Å². The predicted molar refractivity (Wildman–Crippen MR) is 109 cm³/mol. The van der Waals surface area contributed by atoms with Crippen molar-refractivity contribution in [3.63, 3.8) is 0 Å². The average Bonchev–Trinajstić information content (AvgIpc) is 2.80. The second-order valence-electron chi connectivity index (χ2n) is 6.30. The van der Waals surface area contributed by atoms with Gasteiger partial charge in [-0.25, -0.2) is 8.42 Å². The maximum atomic E-state index is 11.5. The number of sulfone groups is 1. The van der Waals surface area contributed by atoms with Gasteiger partial charge in [-0.2, -0.15) is 0 Å². The van der Waals surface area contributed by atoms with Crippen LogP contribution in [-0.4, -0.2) is 70.6 Å². The standard InChI is InChI=1S/C15H32N4O2S.HI/c1-6-12(7-2)14(19(4)5)10-17-15(16-3)18-13-8-9-22(20,21)11-13;/h12-14H,6-11H2,1-5H3,(H2,16,17,18);1H. The van der Waals surface area contributed by atoms with Crippen LogP contribution in [0.2, 0.25) is 0 Å². The molecule has 138 valence electrons. The maximum Gasteiger partial charge on any atom is 0.191 e. The van der Waals surface area contributed by atoms with Gasteiger partial charge in [0, 0.05) is 25.7 Å². The van der Waals surface area contributed by atoms with Crippen molar-refractivity contribution in [2.24, 2.45) is 10.9 Å². The Labute approximate surface area is 158 Å². The molecule has 1 rings (SSSR count). The minimum Gasteiger partial charge on any atom is -0.355 e. The van der Waals surface area contributed by atoms with Gasteiger partial charge in [0.05, 0.1) is 11.5 Å². The van der Waals surface area contributed by atoms with Gasteiger partial charge in [-0.05, 0) is 26.4 Å². The van der Waals surface area contributed by atoms with Gasteiger partial charge in [0.2, 0.25) is 0 Å². The Hall–Kier alpha value is -0.0900. The molecule has 2 atom stereocenters. The summed E-state index contributed by atoms with van der Waals surface area (Å²) in [7, 11) is 3.06. The molecular weight excluding hydrogens is 427 g/mol. The summed E-state index contributed by atoms with van der Waals surface area (Å²) in [5.74, 6) is 1.81. The average molecular weight is 460 g/mol. The third-order valence-corrected chi connectivity index (χ3v) is 6.30. The number of guanidine groups is 1. The van der Waals surface area contributed by atoms with Gasteiger partial charge in [-0.1, -0.05) is 26.7 Å². The molecule has 0 aromatic rings. The summed E-state index contributed by atoms with van der Waals surface area (Å²) in [5.41, 5.74) is 0. The molecule has 1 aliphatic heterocycles. The lowest BCUT2D eigenvalue weighted by atomic mass is 9.93. The molecule has 0 radical (unpaired) electrons. The second-order valence-corrected chi connectivity index (χ2v) is 8.53. The molecule has 2 unspecified atom stereocenters. The number of hydrogen-bond acceptors (Lipinski definition) is 4. The highest BCUT2D eigenvalue weighted by Crippen LogP contribution is 2.16. The Bertz CT molecular complexity index is 464. The SMILES string of the molecule is CCC(CC)C(CNC(=NC)NC1CCS(=O)(=O)C1)N(C)C.I. The molecule has 0 aliphatic carbocycles. The predicted octanol–water partition coefficient (Wildman–Crippen LogP) is 1.32. The normalized spacial score (nSPS) is 22.0. The van der Waals surface area contributed by atoms with Crippen LogP contribution >= 0.6 is 24.0 Å². The molecule has 1 heterocycles. The molecule has 0 aromatic carbocycles. The van der Waals surface area contributed by atoms with Crippen LogP contribution in [0.5, 0.6) is 0 Å². The number of nitrogens with zero attached hydrogens (tertiary/aromatic N) is 2. The monoisotopic (exact) mass is 460 g/mol. The molecule has 0 spiro atoms. The van der Waals surface area contributed by atoms with E-state index in [9.17, 15) is 8.42 Å². The molecule has 0 amide bonds. The zero-order chi connectivity index (χ0) is 16.8. The molecular formula is C15H33IN4O2S. The Morgan fingerprint density at radius 2 is 1.91 bits per heavy atom. The summed E-state index contributed by atoms with van der Waals surface area (Å²) in [6.07, 6.45) is 2.95. The van der Waals surface area contributed by atoms with Crippen LogP contribution in [0.15, 0.2) is 4.99 Å². The van der Waals surface area contributed by atoms with E-state index in [0.717, 1.165) is 19.4 Å². The molecule has 2 N–H and O–H groups in total. The van der Waals surface area contributed by atoms with Crippen molar-refractivity contribution in [2.45, 2.75) is 45.2 Å². The van der Waals surface area contributed by atoms with E-state index in [-0.39, 0.29) is 41.5 Å². The van der Waals surface area contributed by atoms with E-state index in [1.54, 1.807) is 7.05 Å². The van der Waals surface area contributed by atoms with Gasteiger partial charge in [0.15, 0.2) is 15.8 Å². The van der Waals surface area contributed by atoms with Gasteiger partial charge in [0.1, 0.15) is 0 Å². The van der Waals surface area contributed by atoms with Gasteiger partial charge < -0.3 is 15.5 Å². The topological polar surface area (TPSA) is 73.8 Å². The third-order valence-electron chi connectivity index (χ3n) is 4.53. The van der Waals surface area contributed by atoms with Gasteiger partial charge in [-0.15, -0.1) is 24.0 Å². The molecule has 23 heavy (non-hydrogen) atoms. The van der Waals surface area contributed by atoms with Crippen LogP contribution in [0.25, 0.3) is 0 Å².